The highest BCUT2D eigenvalue weighted by atomic mass is 35.5. The van der Waals surface area contributed by atoms with Crippen LogP contribution in [0, 0.1) is 0 Å². The molecule has 2 N–H and O–H groups in total. The Bertz CT molecular complexity index is 1200. The van der Waals surface area contributed by atoms with Gasteiger partial charge in [0.2, 0.25) is 5.95 Å². The lowest BCUT2D eigenvalue weighted by atomic mass is 10.1. The zero-order valence-electron chi connectivity index (χ0n) is 15.8. The number of benzene rings is 2. The Kier molecular flexibility index (Phi) is 5.26. The molecule has 2 aromatic heterocycles. The predicted molar refractivity (Wildman–Crippen MR) is 112 cm³/mol. The summed E-state index contributed by atoms with van der Waals surface area (Å²) < 4.78 is 41.6. The lowest BCUT2D eigenvalue weighted by Crippen LogP contribution is -2.12. The molecule has 154 valence electrons. The van der Waals surface area contributed by atoms with Crippen LogP contribution in [0.1, 0.15) is 11.1 Å². The number of aromatic nitrogens is 3. The smallest absolute Gasteiger partial charge is 0.365 e. The lowest BCUT2D eigenvalue weighted by molar-refractivity contribution is -0.138. The van der Waals surface area contributed by atoms with Gasteiger partial charge < -0.3 is 15.2 Å². The van der Waals surface area contributed by atoms with Crippen molar-refractivity contribution in [3.05, 3.63) is 77.1 Å². The third-order valence-electron chi connectivity index (χ3n) is 4.65. The van der Waals surface area contributed by atoms with Gasteiger partial charge in [-0.3, -0.25) is 0 Å². The van der Waals surface area contributed by atoms with Crippen molar-refractivity contribution in [3.63, 3.8) is 0 Å². The standard InChI is InChI=1S/C21H17ClF3N5/c1-30-9-8-13-10-15(6-7-18(13)30)28-20-27-12-17(22)19(29-20)26-11-14-4-2-3-5-16(14)21(23,24)25/h2-10,12H,11H2,1H3,(H2,26,27,28,29). The number of aryl methyl sites for hydroxylation is 1. The van der Waals surface area contributed by atoms with Gasteiger partial charge in [-0.15, -0.1) is 0 Å². The molecule has 30 heavy (non-hydrogen) atoms. The van der Waals surface area contributed by atoms with Crippen molar-refractivity contribution in [1.29, 1.82) is 0 Å². The minimum Gasteiger partial charge on any atom is -0.365 e. The van der Waals surface area contributed by atoms with Gasteiger partial charge in [0.15, 0.2) is 5.82 Å². The van der Waals surface area contributed by atoms with Crippen molar-refractivity contribution >= 4 is 40.0 Å². The number of nitrogens with one attached hydrogen (secondary N) is 2. The van der Waals surface area contributed by atoms with Gasteiger partial charge in [0.25, 0.3) is 0 Å². The van der Waals surface area contributed by atoms with E-state index in [1.165, 1.54) is 18.3 Å². The predicted octanol–water partition coefficient (Wildman–Crippen LogP) is 6.00. The fraction of sp³-hybridized carbons (Fsp3) is 0.143. The van der Waals surface area contributed by atoms with E-state index in [1.807, 2.05) is 42.1 Å². The van der Waals surface area contributed by atoms with Crippen molar-refractivity contribution in [1.82, 2.24) is 14.5 Å². The van der Waals surface area contributed by atoms with E-state index in [0.717, 1.165) is 22.7 Å². The lowest BCUT2D eigenvalue weighted by Gasteiger charge is -2.14. The molecule has 0 aliphatic heterocycles. The third kappa shape index (κ3) is 4.18. The Balaban J connectivity index is 1.53. The first-order chi connectivity index (χ1) is 14.3. The number of alkyl halides is 3. The van der Waals surface area contributed by atoms with E-state index in [-0.39, 0.29) is 28.9 Å². The minimum absolute atomic E-state index is 0.0815. The molecule has 0 saturated carbocycles. The summed E-state index contributed by atoms with van der Waals surface area (Å²) in [5.74, 6) is 0.522. The van der Waals surface area contributed by atoms with E-state index in [2.05, 4.69) is 20.6 Å². The van der Waals surface area contributed by atoms with Crippen molar-refractivity contribution in [3.8, 4) is 0 Å². The first-order valence-electron chi connectivity index (χ1n) is 9.05. The van der Waals surface area contributed by atoms with Crippen molar-refractivity contribution < 1.29 is 13.2 Å². The van der Waals surface area contributed by atoms with Crippen LogP contribution < -0.4 is 10.6 Å². The summed E-state index contributed by atoms with van der Waals surface area (Å²) >= 11 is 6.14. The molecule has 0 fully saturated rings. The molecule has 0 unspecified atom stereocenters. The molecule has 2 aromatic carbocycles. The van der Waals surface area contributed by atoms with E-state index >= 15 is 0 Å². The molecule has 0 radical (unpaired) electrons. The number of nitrogens with zero attached hydrogens (tertiary/aromatic N) is 3. The summed E-state index contributed by atoms with van der Waals surface area (Å²) in [6.45, 7) is -0.0815. The molecule has 5 nitrogen and oxygen atoms in total. The molecule has 0 spiro atoms. The number of rotatable bonds is 5. The maximum absolute atomic E-state index is 13.2. The van der Waals surface area contributed by atoms with Gasteiger partial charge in [0.1, 0.15) is 5.02 Å². The summed E-state index contributed by atoms with van der Waals surface area (Å²) in [5.41, 5.74) is 1.27. The number of fused-ring (bicyclic) bond motifs is 1. The zero-order valence-corrected chi connectivity index (χ0v) is 16.6. The summed E-state index contributed by atoms with van der Waals surface area (Å²) in [5, 5.41) is 7.24. The fourth-order valence-electron chi connectivity index (χ4n) is 3.17. The Morgan fingerprint density at radius 1 is 1.10 bits per heavy atom. The van der Waals surface area contributed by atoms with Crippen LogP contribution in [0.25, 0.3) is 10.9 Å². The first-order valence-corrected chi connectivity index (χ1v) is 9.43. The van der Waals surface area contributed by atoms with Crippen LogP contribution >= 0.6 is 11.6 Å². The summed E-state index contributed by atoms with van der Waals surface area (Å²) in [6.07, 6.45) is -1.07. The normalized spacial score (nSPS) is 11.6. The molecular weight excluding hydrogens is 415 g/mol. The van der Waals surface area contributed by atoms with E-state index < -0.39 is 11.7 Å². The molecule has 0 atom stereocenters. The quantitative estimate of drug-likeness (QED) is 0.407. The van der Waals surface area contributed by atoms with Crippen molar-refractivity contribution in [2.24, 2.45) is 7.05 Å². The molecule has 0 aliphatic rings. The molecular formula is C21H17ClF3N5. The topological polar surface area (TPSA) is 54.8 Å². The Labute approximate surface area is 175 Å². The van der Waals surface area contributed by atoms with Gasteiger partial charge in [-0.1, -0.05) is 29.8 Å². The third-order valence-corrected chi connectivity index (χ3v) is 4.93. The van der Waals surface area contributed by atoms with Crippen LogP contribution in [-0.4, -0.2) is 14.5 Å². The van der Waals surface area contributed by atoms with Crippen LogP contribution in [-0.2, 0) is 19.8 Å². The first kappa shape index (κ1) is 20.0. The monoisotopic (exact) mass is 431 g/mol. The van der Waals surface area contributed by atoms with Gasteiger partial charge in [0.05, 0.1) is 11.8 Å². The molecule has 0 bridgehead atoms. The number of anilines is 3. The second kappa shape index (κ2) is 7.87. The molecule has 2 heterocycles. The van der Waals surface area contributed by atoms with Gasteiger partial charge in [0, 0.05) is 36.4 Å². The Morgan fingerprint density at radius 3 is 2.70 bits per heavy atom. The second-order valence-corrected chi connectivity index (χ2v) is 7.13. The number of halogens is 4. The molecule has 4 rings (SSSR count). The summed E-state index contributed by atoms with van der Waals surface area (Å²) in [6, 6.07) is 13.2. The van der Waals surface area contributed by atoms with E-state index in [9.17, 15) is 13.2 Å². The maximum Gasteiger partial charge on any atom is 0.416 e. The highest BCUT2D eigenvalue weighted by molar-refractivity contribution is 6.32. The fourth-order valence-corrected chi connectivity index (χ4v) is 3.33. The van der Waals surface area contributed by atoms with Gasteiger partial charge in [-0.05, 0) is 35.9 Å². The maximum atomic E-state index is 13.2. The molecule has 0 saturated heterocycles. The Hall–Kier alpha value is -3.26. The molecule has 0 amide bonds. The largest absolute Gasteiger partial charge is 0.416 e. The van der Waals surface area contributed by atoms with Crippen LogP contribution in [0.5, 0.6) is 0 Å². The van der Waals surface area contributed by atoms with E-state index in [1.54, 1.807) is 6.07 Å². The number of hydrogen-bond acceptors (Lipinski definition) is 4. The van der Waals surface area contributed by atoms with Gasteiger partial charge in [-0.2, -0.15) is 18.2 Å². The van der Waals surface area contributed by atoms with E-state index in [4.69, 9.17) is 11.6 Å². The van der Waals surface area contributed by atoms with Gasteiger partial charge in [-0.25, -0.2) is 4.98 Å². The molecule has 9 heteroatoms. The van der Waals surface area contributed by atoms with Crippen LogP contribution in [0.4, 0.5) is 30.6 Å². The molecule has 0 aliphatic carbocycles. The van der Waals surface area contributed by atoms with Crippen LogP contribution in [0.3, 0.4) is 0 Å². The summed E-state index contributed by atoms with van der Waals surface area (Å²) in [7, 11) is 1.96. The van der Waals surface area contributed by atoms with Crippen LogP contribution in [0.2, 0.25) is 5.02 Å². The van der Waals surface area contributed by atoms with Gasteiger partial charge >= 0.3 is 6.18 Å². The van der Waals surface area contributed by atoms with Crippen LogP contribution in [0.15, 0.2) is 60.9 Å². The summed E-state index contributed by atoms with van der Waals surface area (Å²) in [4.78, 5) is 8.46. The minimum atomic E-state index is -4.43. The number of hydrogen-bond donors (Lipinski definition) is 2. The highest BCUT2D eigenvalue weighted by Crippen LogP contribution is 2.32. The van der Waals surface area contributed by atoms with Crippen molar-refractivity contribution in [2.45, 2.75) is 12.7 Å². The average molecular weight is 432 g/mol. The SMILES string of the molecule is Cn1ccc2cc(Nc3ncc(Cl)c(NCc4ccccc4C(F)(F)F)n3)ccc21. The van der Waals surface area contributed by atoms with Crippen molar-refractivity contribution in [2.75, 3.05) is 10.6 Å². The molecule has 4 aromatic rings. The Morgan fingerprint density at radius 2 is 1.90 bits per heavy atom. The average Bonchev–Trinajstić information content (AvgIpc) is 3.08. The highest BCUT2D eigenvalue weighted by Gasteiger charge is 2.32. The second-order valence-electron chi connectivity index (χ2n) is 6.72. The zero-order chi connectivity index (χ0) is 21.3. The van der Waals surface area contributed by atoms with E-state index in [0.29, 0.717) is 0 Å².